The van der Waals surface area contributed by atoms with Gasteiger partial charge in [-0.05, 0) is 36.1 Å². The largest absolute Gasteiger partial charge is 0.494 e. The van der Waals surface area contributed by atoms with Crippen LogP contribution in [-0.4, -0.2) is 16.7 Å². The molecule has 2 aromatic carbocycles. The van der Waals surface area contributed by atoms with Crippen molar-refractivity contribution in [3.63, 3.8) is 0 Å². The van der Waals surface area contributed by atoms with Crippen molar-refractivity contribution in [1.29, 1.82) is 0 Å². The zero-order chi connectivity index (χ0) is 24.2. The lowest BCUT2D eigenvalue weighted by Gasteiger charge is -2.22. The van der Waals surface area contributed by atoms with Gasteiger partial charge in [0.25, 0.3) is 5.56 Å². The molecule has 1 saturated carbocycles. The normalized spacial score (nSPS) is 14.1. The first-order valence-corrected chi connectivity index (χ1v) is 11.5. The van der Waals surface area contributed by atoms with Gasteiger partial charge >= 0.3 is 0 Å². The molecule has 176 valence electrons. The molecule has 1 aromatic heterocycles. The SMILES string of the molecule is [C-]#[N+]c1ccc(-c2nc(CCC3CCCCC3)n(C)c(=O)c2-c2ccc(OC)c(F)c2)cc1F. The summed E-state index contributed by atoms with van der Waals surface area (Å²) in [5.41, 5.74) is 0.717. The van der Waals surface area contributed by atoms with Crippen molar-refractivity contribution in [3.8, 4) is 28.1 Å². The zero-order valence-electron chi connectivity index (χ0n) is 19.4. The number of halogens is 2. The van der Waals surface area contributed by atoms with Crippen molar-refractivity contribution in [2.24, 2.45) is 13.0 Å². The van der Waals surface area contributed by atoms with E-state index >= 15 is 0 Å². The van der Waals surface area contributed by atoms with Crippen LogP contribution < -0.4 is 10.3 Å². The molecule has 4 rings (SSSR count). The van der Waals surface area contributed by atoms with Gasteiger partial charge in [0.2, 0.25) is 5.69 Å². The summed E-state index contributed by atoms with van der Waals surface area (Å²) in [5.74, 6) is -0.0148. The molecule has 0 aliphatic heterocycles. The first-order chi connectivity index (χ1) is 16.4. The highest BCUT2D eigenvalue weighted by atomic mass is 19.1. The van der Waals surface area contributed by atoms with E-state index in [0.717, 1.165) is 6.42 Å². The minimum atomic E-state index is -0.689. The monoisotopic (exact) mass is 463 g/mol. The lowest BCUT2D eigenvalue weighted by molar-refractivity contribution is 0.336. The van der Waals surface area contributed by atoms with Gasteiger partial charge < -0.3 is 4.74 Å². The van der Waals surface area contributed by atoms with Crippen molar-refractivity contribution >= 4 is 5.69 Å². The fraction of sp³-hybridized carbons (Fsp3) is 0.370. The predicted octanol–water partition coefficient (Wildman–Crippen LogP) is 6.46. The van der Waals surface area contributed by atoms with Crippen LogP contribution in [0, 0.1) is 24.1 Å². The lowest BCUT2D eigenvalue weighted by atomic mass is 9.86. The van der Waals surface area contributed by atoms with E-state index in [9.17, 15) is 13.6 Å². The lowest BCUT2D eigenvalue weighted by Crippen LogP contribution is -2.25. The number of aryl methyl sites for hydroxylation is 1. The Hall–Kier alpha value is -3.53. The maximum atomic E-state index is 14.5. The number of rotatable bonds is 6. The number of hydrogen-bond donors (Lipinski definition) is 0. The molecule has 1 aliphatic carbocycles. The van der Waals surface area contributed by atoms with Gasteiger partial charge in [-0.2, -0.15) is 0 Å². The Labute approximate surface area is 197 Å². The molecule has 0 amide bonds. The van der Waals surface area contributed by atoms with Crippen molar-refractivity contribution in [1.82, 2.24) is 9.55 Å². The van der Waals surface area contributed by atoms with E-state index in [2.05, 4.69) is 4.85 Å². The number of benzene rings is 2. The van der Waals surface area contributed by atoms with Crippen LogP contribution in [0.3, 0.4) is 0 Å². The highest BCUT2D eigenvalue weighted by Gasteiger charge is 2.21. The van der Waals surface area contributed by atoms with Gasteiger partial charge in [-0.3, -0.25) is 9.36 Å². The van der Waals surface area contributed by atoms with Crippen LogP contribution in [0.15, 0.2) is 41.2 Å². The van der Waals surface area contributed by atoms with Crippen LogP contribution in [0.1, 0.15) is 44.3 Å². The Morgan fingerprint density at radius 2 is 1.79 bits per heavy atom. The van der Waals surface area contributed by atoms with Gasteiger partial charge in [-0.25, -0.2) is 18.6 Å². The number of aromatic nitrogens is 2. The van der Waals surface area contributed by atoms with Gasteiger partial charge in [-0.15, -0.1) is 0 Å². The van der Waals surface area contributed by atoms with Crippen LogP contribution in [0.2, 0.25) is 0 Å². The second kappa shape index (κ2) is 10.2. The van der Waals surface area contributed by atoms with Crippen LogP contribution in [-0.2, 0) is 13.5 Å². The van der Waals surface area contributed by atoms with Crippen molar-refractivity contribution in [2.45, 2.75) is 44.9 Å². The second-order valence-corrected chi connectivity index (χ2v) is 8.79. The fourth-order valence-corrected chi connectivity index (χ4v) is 4.71. The molecular weight excluding hydrogens is 436 g/mol. The Kier molecular flexibility index (Phi) is 7.06. The molecule has 1 aliphatic rings. The van der Waals surface area contributed by atoms with Crippen LogP contribution in [0.25, 0.3) is 27.2 Å². The quantitative estimate of drug-likeness (QED) is 0.394. The number of ether oxygens (including phenoxy) is 1. The fourth-order valence-electron chi connectivity index (χ4n) is 4.71. The molecule has 34 heavy (non-hydrogen) atoms. The number of hydrogen-bond acceptors (Lipinski definition) is 3. The van der Waals surface area contributed by atoms with E-state index < -0.39 is 11.6 Å². The maximum Gasteiger partial charge on any atom is 0.261 e. The summed E-state index contributed by atoms with van der Waals surface area (Å²) in [6.45, 7) is 7.11. The molecule has 0 saturated heterocycles. The second-order valence-electron chi connectivity index (χ2n) is 8.79. The van der Waals surface area contributed by atoms with Crippen molar-refractivity contribution in [2.75, 3.05) is 7.11 Å². The third-order valence-electron chi connectivity index (χ3n) is 6.67. The van der Waals surface area contributed by atoms with Gasteiger partial charge in [0, 0.05) is 19.0 Å². The Balaban J connectivity index is 1.85. The van der Waals surface area contributed by atoms with Crippen molar-refractivity contribution < 1.29 is 13.5 Å². The summed E-state index contributed by atoms with van der Waals surface area (Å²) in [6.07, 6.45) is 7.68. The smallest absolute Gasteiger partial charge is 0.261 e. The molecule has 5 nitrogen and oxygen atoms in total. The molecule has 1 fully saturated rings. The van der Waals surface area contributed by atoms with Gasteiger partial charge in [0.15, 0.2) is 11.6 Å². The first-order valence-electron chi connectivity index (χ1n) is 11.5. The highest BCUT2D eigenvalue weighted by molar-refractivity contribution is 5.81. The van der Waals surface area contributed by atoms with Gasteiger partial charge in [0.1, 0.15) is 11.6 Å². The molecule has 3 aromatic rings. The Morgan fingerprint density at radius 1 is 1.09 bits per heavy atom. The van der Waals surface area contributed by atoms with E-state index in [-0.39, 0.29) is 28.3 Å². The highest BCUT2D eigenvalue weighted by Crippen LogP contribution is 2.33. The maximum absolute atomic E-state index is 14.5. The molecule has 0 unspecified atom stereocenters. The molecule has 0 radical (unpaired) electrons. The van der Waals surface area contributed by atoms with Gasteiger partial charge in [0.05, 0.1) is 24.9 Å². The minimum absolute atomic E-state index is 0.0617. The minimum Gasteiger partial charge on any atom is -0.494 e. The Morgan fingerprint density at radius 3 is 2.44 bits per heavy atom. The van der Waals surface area contributed by atoms with E-state index in [1.807, 2.05) is 0 Å². The average Bonchev–Trinajstić information content (AvgIpc) is 2.85. The van der Waals surface area contributed by atoms with Crippen molar-refractivity contribution in [3.05, 3.63) is 75.6 Å². The number of nitrogens with zero attached hydrogens (tertiary/aromatic N) is 3. The summed E-state index contributed by atoms with van der Waals surface area (Å²) < 4.78 is 35.5. The molecule has 0 atom stereocenters. The van der Waals surface area contributed by atoms with E-state index in [0.29, 0.717) is 29.3 Å². The van der Waals surface area contributed by atoms with Crippen LogP contribution >= 0.6 is 0 Å². The standard InChI is InChI=1S/C27H27F2N3O2/c1-30-22-12-10-19(16-20(22)28)26-25(18-11-13-23(34-3)21(29)15-18)27(33)32(2)24(31-26)14-9-17-7-5-4-6-8-17/h10-13,15-17H,4-9,14H2,2-3H3. The number of methoxy groups -OCH3 is 1. The molecular formula is C27H27F2N3O2. The van der Waals surface area contributed by atoms with E-state index in [4.69, 9.17) is 16.3 Å². The van der Waals surface area contributed by atoms with E-state index in [1.165, 1.54) is 68.0 Å². The van der Waals surface area contributed by atoms with Crippen LogP contribution in [0.4, 0.5) is 14.5 Å². The molecule has 0 bridgehead atoms. The molecule has 7 heteroatoms. The average molecular weight is 464 g/mol. The van der Waals surface area contributed by atoms with E-state index in [1.54, 1.807) is 19.2 Å². The topological polar surface area (TPSA) is 48.5 Å². The predicted molar refractivity (Wildman–Crippen MR) is 128 cm³/mol. The zero-order valence-corrected chi connectivity index (χ0v) is 19.4. The first kappa shape index (κ1) is 23.6. The third kappa shape index (κ3) is 4.72. The summed E-state index contributed by atoms with van der Waals surface area (Å²) in [7, 11) is 3.04. The summed E-state index contributed by atoms with van der Waals surface area (Å²) >= 11 is 0. The van der Waals surface area contributed by atoms with Crippen LogP contribution in [0.5, 0.6) is 5.75 Å². The summed E-state index contributed by atoms with van der Waals surface area (Å²) in [6, 6.07) is 8.43. The summed E-state index contributed by atoms with van der Waals surface area (Å²) in [5, 5.41) is 0. The molecule has 0 N–H and O–H groups in total. The third-order valence-corrected chi connectivity index (χ3v) is 6.67. The molecule has 1 heterocycles. The Bertz CT molecular complexity index is 1300. The molecule has 0 spiro atoms. The van der Waals surface area contributed by atoms with Gasteiger partial charge in [-0.1, -0.05) is 50.3 Å². The summed E-state index contributed by atoms with van der Waals surface area (Å²) in [4.78, 5) is 21.5.